The summed E-state index contributed by atoms with van der Waals surface area (Å²) in [6, 6.07) is 17.1. The molecule has 0 aliphatic rings. The average molecular weight is 281 g/mol. The normalized spacial score (nSPS) is 10.1. The predicted octanol–water partition coefficient (Wildman–Crippen LogP) is 3.67. The van der Waals surface area contributed by atoms with Crippen LogP contribution in [0.2, 0.25) is 0 Å². The Hall–Kier alpha value is -2.39. The zero-order valence-electron chi connectivity index (χ0n) is 12.2. The van der Waals surface area contributed by atoms with E-state index >= 15 is 0 Å². The van der Waals surface area contributed by atoms with Crippen molar-refractivity contribution in [3.8, 4) is 0 Å². The van der Waals surface area contributed by atoms with Crippen LogP contribution in [0.3, 0.4) is 0 Å². The lowest BCUT2D eigenvalue weighted by Gasteiger charge is -2.21. The van der Waals surface area contributed by atoms with Gasteiger partial charge in [-0.25, -0.2) is 0 Å². The zero-order valence-corrected chi connectivity index (χ0v) is 12.2. The van der Waals surface area contributed by atoms with Crippen LogP contribution in [0.15, 0.2) is 67.3 Å². The number of ether oxygens (including phenoxy) is 1. The molecule has 21 heavy (non-hydrogen) atoms. The fourth-order valence-electron chi connectivity index (χ4n) is 2.16. The van der Waals surface area contributed by atoms with Gasteiger partial charge in [-0.3, -0.25) is 4.79 Å². The number of benzene rings is 2. The predicted molar refractivity (Wildman–Crippen MR) is 85.5 cm³/mol. The van der Waals surface area contributed by atoms with Crippen LogP contribution in [-0.4, -0.2) is 19.6 Å². The van der Waals surface area contributed by atoms with Gasteiger partial charge in [0.2, 0.25) is 0 Å². The van der Waals surface area contributed by atoms with Gasteiger partial charge >= 0.3 is 0 Å². The second-order valence-corrected chi connectivity index (χ2v) is 4.67. The van der Waals surface area contributed by atoms with Gasteiger partial charge in [0.25, 0.3) is 5.91 Å². The quantitative estimate of drug-likeness (QED) is 0.756. The first-order valence-electron chi connectivity index (χ1n) is 6.82. The second-order valence-electron chi connectivity index (χ2n) is 4.67. The number of carbonyl (C=O) groups excluding carboxylic acids is 1. The fraction of sp³-hybridized carbons (Fsp3) is 0.167. The molecule has 0 aliphatic heterocycles. The van der Waals surface area contributed by atoms with Gasteiger partial charge in [0.15, 0.2) is 0 Å². The summed E-state index contributed by atoms with van der Waals surface area (Å²) in [6.45, 7) is 4.70. The Balaban J connectivity index is 2.30. The number of nitrogens with zero attached hydrogens (tertiary/aromatic N) is 1. The molecule has 0 spiro atoms. The molecule has 2 aromatic rings. The molecule has 0 fully saturated rings. The van der Waals surface area contributed by atoms with Crippen molar-refractivity contribution in [1.82, 2.24) is 0 Å². The number of hydrogen-bond acceptors (Lipinski definition) is 2. The Labute approximate surface area is 125 Å². The van der Waals surface area contributed by atoms with Crippen molar-refractivity contribution in [2.75, 3.05) is 18.6 Å². The van der Waals surface area contributed by atoms with E-state index in [0.29, 0.717) is 18.7 Å². The molecule has 108 valence electrons. The molecule has 0 aromatic heterocycles. The standard InChI is InChI=1S/C18H19NO2/c1-3-12-19(17-10-5-4-6-11-17)18(20)16-9-7-8-15(13-16)14-21-2/h3-11,13H,1,12,14H2,2H3. The van der Waals surface area contributed by atoms with E-state index in [4.69, 9.17) is 4.74 Å². The summed E-state index contributed by atoms with van der Waals surface area (Å²) in [5.74, 6) is -0.0425. The Morgan fingerprint density at radius 2 is 1.95 bits per heavy atom. The topological polar surface area (TPSA) is 29.5 Å². The monoisotopic (exact) mass is 281 g/mol. The first-order valence-corrected chi connectivity index (χ1v) is 6.82. The first-order chi connectivity index (χ1) is 10.3. The molecule has 0 atom stereocenters. The van der Waals surface area contributed by atoms with Crippen LogP contribution >= 0.6 is 0 Å². The Bertz CT molecular complexity index is 608. The highest BCUT2D eigenvalue weighted by atomic mass is 16.5. The van der Waals surface area contributed by atoms with E-state index in [1.807, 2.05) is 54.6 Å². The van der Waals surface area contributed by atoms with Crippen molar-refractivity contribution in [1.29, 1.82) is 0 Å². The van der Waals surface area contributed by atoms with Crippen LogP contribution < -0.4 is 4.90 Å². The fourth-order valence-corrected chi connectivity index (χ4v) is 2.16. The minimum absolute atomic E-state index is 0.0425. The van der Waals surface area contributed by atoms with Crippen LogP contribution in [0.4, 0.5) is 5.69 Å². The third-order valence-corrected chi connectivity index (χ3v) is 3.11. The molecule has 0 bridgehead atoms. The molecule has 0 radical (unpaired) electrons. The summed E-state index contributed by atoms with van der Waals surface area (Å²) >= 11 is 0. The number of methoxy groups -OCH3 is 1. The van der Waals surface area contributed by atoms with Crippen LogP contribution in [0, 0.1) is 0 Å². The zero-order chi connectivity index (χ0) is 15.1. The van der Waals surface area contributed by atoms with Crippen molar-refractivity contribution in [3.05, 3.63) is 78.4 Å². The van der Waals surface area contributed by atoms with Gasteiger partial charge in [0, 0.05) is 24.9 Å². The summed E-state index contributed by atoms with van der Waals surface area (Å²) in [4.78, 5) is 14.4. The molecule has 2 aromatic carbocycles. The van der Waals surface area contributed by atoms with E-state index in [1.54, 1.807) is 18.1 Å². The van der Waals surface area contributed by atoms with Crippen molar-refractivity contribution in [2.24, 2.45) is 0 Å². The Morgan fingerprint density at radius 1 is 1.19 bits per heavy atom. The van der Waals surface area contributed by atoms with Gasteiger partial charge in [-0.1, -0.05) is 36.4 Å². The third-order valence-electron chi connectivity index (χ3n) is 3.11. The lowest BCUT2D eigenvalue weighted by Crippen LogP contribution is -2.31. The van der Waals surface area contributed by atoms with Crippen molar-refractivity contribution >= 4 is 11.6 Å². The number of anilines is 1. The van der Waals surface area contributed by atoms with Gasteiger partial charge < -0.3 is 9.64 Å². The van der Waals surface area contributed by atoms with Gasteiger partial charge in [-0.05, 0) is 29.8 Å². The lowest BCUT2D eigenvalue weighted by molar-refractivity contribution is 0.0989. The molecule has 1 amide bonds. The molecule has 0 saturated heterocycles. The summed E-state index contributed by atoms with van der Waals surface area (Å²) in [5, 5.41) is 0. The van der Waals surface area contributed by atoms with E-state index < -0.39 is 0 Å². The largest absolute Gasteiger partial charge is 0.380 e. The summed E-state index contributed by atoms with van der Waals surface area (Å²) in [5.41, 5.74) is 2.49. The van der Waals surface area contributed by atoms with Crippen LogP contribution in [0.5, 0.6) is 0 Å². The molecule has 0 N–H and O–H groups in total. The summed E-state index contributed by atoms with van der Waals surface area (Å²) in [6.07, 6.45) is 1.73. The molecule has 0 heterocycles. The van der Waals surface area contributed by atoms with Crippen LogP contribution in [0.1, 0.15) is 15.9 Å². The summed E-state index contributed by atoms with van der Waals surface area (Å²) in [7, 11) is 1.64. The Morgan fingerprint density at radius 3 is 2.62 bits per heavy atom. The van der Waals surface area contributed by atoms with Gasteiger partial charge in [0.05, 0.1) is 6.61 Å². The molecule has 2 rings (SSSR count). The van der Waals surface area contributed by atoms with Gasteiger partial charge in [0.1, 0.15) is 0 Å². The maximum Gasteiger partial charge on any atom is 0.258 e. The smallest absolute Gasteiger partial charge is 0.258 e. The van der Waals surface area contributed by atoms with Crippen molar-refractivity contribution in [3.63, 3.8) is 0 Å². The highest BCUT2D eigenvalue weighted by Crippen LogP contribution is 2.17. The first kappa shape index (κ1) is 15.0. The number of amides is 1. The number of carbonyl (C=O) groups is 1. The Kier molecular flexibility index (Phi) is 5.29. The van der Waals surface area contributed by atoms with Crippen LogP contribution in [0.25, 0.3) is 0 Å². The molecule has 3 nitrogen and oxygen atoms in total. The second kappa shape index (κ2) is 7.41. The molecule has 0 unspecified atom stereocenters. The minimum atomic E-state index is -0.0425. The highest BCUT2D eigenvalue weighted by Gasteiger charge is 2.16. The number of hydrogen-bond donors (Lipinski definition) is 0. The molecule has 0 aliphatic carbocycles. The van der Waals surface area contributed by atoms with E-state index in [9.17, 15) is 4.79 Å². The number of para-hydroxylation sites is 1. The van der Waals surface area contributed by atoms with Gasteiger partial charge in [-0.15, -0.1) is 6.58 Å². The minimum Gasteiger partial charge on any atom is -0.380 e. The maximum absolute atomic E-state index is 12.7. The van der Waals surface area contributed by atoms with E-state index in [0.717, 1.165) is 11.3 Å². The molecular formula is C18H19NO2. The van der Waals surface area contributed by atoms with Crippen molar-refractivity contribution in [2.45, 2.75) is 6.61 Å². The maximum atomic E-state index is 12.7. The molecule has 3 heteroatoms. The average Bonchev–Trinajstić information content (AvgIpc) is 2.53. The lowest BCUT2D eigenvalue weighted by atomic mass is 10.1. The highest BCUT2D eigenvalue weighted by molar-refractivity contribution is 6.06. The molecule has 0 saturated carbocycles. The van der Waals surface area contributed by atoms with Crippen LogP contribution in [-0.2, 0) is 11.3 Å². The van der Waals surface area contributed by atoms with Crippen molar-refractivity contribution < 1.29 is 9.53 Å². The van der Waals surface area contributed by atoms with E-state index in [1.165, 1.54) is 0 Å². The van der Waals surface area contributed by atoms with E-state index in [-0.39, 0.29) is 5.91 Å². The van der Waals surface area contributed by atoms with Gasteiger partial charge in [-0.2, -0.15) is 0 Å². The SMILES string of the molecule is C=CCN(C(=O)c1cccc(COC)c1)c1ccccc1. The third kappa shape index (κ3) is 3.80. The number of rotatable bonds is 6. The summed E-state index contributed by atoms with van der Waals surface area (Å²) < 4.78 is 5.11. The van der Waals surface area contributed by atoms with E-state index in [2.05, 4.69) is 6.58 Å². The molecular weight excluding hydrogens is 262 g/mol.